The third-order valence-corrected chi connectivity index (χ3v) is 4.55. The van der Waals surface area contributed by atoms with Crippen LogP contribution in [0.4, 0.5) is 5.69 Å². The largest absolute Gasteiger partial charge is 0.398 e. The number of hydrogen-bond acceptors (Lipinski definition) is 5. The molecule has 0 aliphatic carbocycles. The van der Waals surface area contributed by atoms with Crippen molar-refractivity contribution in [3.63, 3.8) is 0 Å². The van der Waals surface area contributed by atoms with E-state index in [1.807, 2.05) is 0 Å². The van der Waals surface area contributed by atoms with Crippen molar-refractivity contribution >= 4 is 25.9 Å². The molecule has 112 valence electrons. The Balaban J connectivity index is 2.53. The van der Waals surface area contributed by atoms with Gasteiger partial charge in [0.2, 0.25) is 0 Å². The average Bonchev–Trinajstić information content (AvgIpc) is 2.37. The Morgan fingerprint density at radius 3 is 1.76 bits per heavy atom. The molecule has 0 radical (unpaired) electrons. The van der Waals surface area contributed by atoms with Crippen LogP contribution in [0.1, 0.15) is 0 Å². The highest BCUT2D eigenvalue weighted by Gasteiger charge is 2.15. The van der Waals surface area contributed by atoms with Crippen LogP contribution in [-0.2, 0) is 20.2 Å². The summed E-state index contributed by atoms with van der Waals surface area (Å²) in [5.74, 6) is 0. The maximum absolute atomic E-state index is 11.2. The van der Waals surface area contributed by atoms with Gasteiger partial charge in [-0.1, -0.05) is 18.2 Å². The molecule has 0 aliphatic heterocycles. The van der Waals surface area contributed by atoms with Gasteiger partial charge in [-0.05, 0) is 35.4 Å². The summed E-state index contributed by atoms with van der Waals surface area (Å²) in [6.45, 7) is 0. The molecular formula is C12H11NO6S2. The highest BCUT2D eigenvalue weighted by molar-refractivity contribution is 7.86. The van der Waals surface area contributed by atoms with Gasteiger partial charge in [0.1, 0.15) is 4.90 Å². The molecule has 0 bridgehead atoms. The van der Waals surface area contributed by atoms with E-state index in [1.54, 1.807) is 0 Å². The minimum absolute atomic E-state index is 0.101. The molecule has 7 nitrogen and oxygen atoms in total. The first-order valence-corrected chi connectivity index (χ1v) is 8.42. The molecule has 0 unspecified atom stereocenters. The van der Waals surface area contributed by atoms with E-state index in [1.165, 1.54) is 42.5 Å². The number of rotatable bonds is 3. The number of benzene rings is 2. The van der Waals surface area contributed by atoms with Crippen molar-refractivity contribution in [2.24, 2.45) is 0 Å². The topological polar surface area (TPSA) is 135 Å². The van der Waals surface area contributed by atoms with Gasteiger partial charge in [-0.3, -0.25) is 9.11 Å². The molecule has 0 heterocycles. The second-order valence-electron chi connectivity index (χ2n) is 4.23. The summed E-state index contributed by atoms with van der Waals surface area (Å²) in [7, 11) is -8.75. The van der Waals surface area contributed by atoms with E-state index in [-0.39, 0.29) is 10.6 Å². The van der Waals surface area contributed by atoms with E-state index >= 15 is 0 Å². The van der Waals surface area contributed by atoms with E-state index < -0.39 is 25.1 Å². The molecule has 0 aliphatic rings. The van der Waals surface area contributed by atoms with E-state index in [0.717, 1.165) is 0 Å². The third-order valence-electron chi connectivity index (χ3n) is 2.78. The van der Waals surface area contributed by atoms with Crippen molar-refractivity contribution in [1.29, 1.82) is 0 Å². The number of hydrogen-bond donors (Lipinski definition) is 3. The fraction of sp³-hybridized carbons (Fsp3) is 0. The lowest BCUT2D eigenvalue weighted by atomic mass is 10.1. The molecule has 0 atom stereocenters. The summed E-state index contributed by atoms with van der Waals surface area (Å²) in [5.41, 5.74) is 6.29. The minimum atomic E-state index is -4.46. The monoisotopic (exact) mass is 329 g/mol. The van der Waals surface area contributed by atoms with Gasteiger partial charge < -0.3 is 5.73 Å². The van der Waals surface area contributed by atoms with Crippen LogP contribution >= 0.6 is 0 Å². The SMILES string of the molecule is Nc1ccc(-c2ccc(S(=O)(=O)O)cc2)cc1S(=O)(=O)O. The average molecular weight is 329 g/mol. The van der Waals surface area contributed by atoms with Crippen molar-refractivity contribution in [3.05, 3.63) is 42.5 Å². The quantitative estimate of drug-likeness (QED) is 0.572. The fourth-order valence-electron chi connectivity index (χ4n) is 1.76. The Morgan fingerprint density at radius 2 is 1.29 bits per heavy atom. The Kier molecular flexibility index (Phi) is 3.76. The van der Waals surface area contributed by atoms with E-state index in [0.29, 0.717) is 11.1 Å². The van der Waals surface area contributed by atoms with Crippen LogP contribution in [0.3, 0.4) is 0 Å². The molecule has 2 aromatic carbocycles. The lowest BCUT2D eigenvalue weighted by molar-refractivity contribution is 0.481. The normalized spacial score (nSPS) is 12.3. The maximum atomic E-state index is 11.2. The molecule has 0 aromatic heterocycles. The summed E-state index contributed by atoms with van der Waals surface area (Å²) >= 11 is 0. The zero-order chi connectivity index (χ0) is 15.8. The highest BCUT2D eigenvalue weighted by atomic mass is 32.2. The van der Waals surface area contributed by atoms with Gasteiger partial charge in [0, 0.05) is 0 Å². The summed E-state index contributed by atoms with van der Waals surface area (Å²) in [6, 6.07) is 9.14. The van der Waals surface area contributed by atoms with Crippen LogP contribution in [0, 0.1) is 0 Å². The van der Waals surface area contributed by atoms with Crippen LogP contribution in [0.2, 0.25) is 0 Å². The molecule has 21 heavy (non-hydrogen) atoms. The maximum Gasteiger partial charge on any atom is 0.296 e. The standard InChI is InChI=1S/C12H11NO6S2/c13-11-6-3-9(7-12(11)21(17,18)19)8-1-4-10(5-2-8)20(14,15)16/h1-7H,13H2,(H,14,15,16)(H,17,18,19). The Morgan fingerprint density at radius 1 is 0.762 bits per heavy atom. The molecule has 2 rings (SSSR count). The zero-order valence-electron chi connectivity index (χ0n) is 10.5. The van der Waals surface area contributed by atoms with E-state index in [9.17, 15) is 16.8 Å². The van der Waals surface area contributed by atoms with Crippen LogP contribution in [-0.4, -0.2) is 25.9 Å². The van der Waals surface area contributed by atoms with Gasteiger partial charge in [-0.15, -0.1) is 0 Å². The van der Waals surface area contributed by atoms with Crippen molar-refractivity contribution in [2.45, 2.75) is 9.79 Å². The Labute approximate surface area is 121 Å². The first-order chi connectivity index (χ1) is 9.59. The minimum Gasteiger partial charge on any atom is -0.398 e. The zero-order valence-corrected chi connectivity index (χ0v) is 12.1. The predicted molar refractivity (Wildman–Crippen MR) is 75.9 cm³/mol. The lowest BCUT2D eigenvalue weighted by Crippen LogP contribution is -2.03. The van der Waals surface area contributed by atoms with Gasteiger partial charge in [-0.25, -0.2) is 0 Å². The molecular weight excluding hydrogens is 318 g/mol. The number of anilines is 1. The Bertz CT molecular complexity index is 886. The van der Waals surface area contributed by atoms with Crippen molar-refractivity contribution in [2.75, 3.05) is 5.73 Å². The molecule has 0 spiro atoms. The molecule has 0 saturated heterocycles. The predicted octanol–water partition coefficient (Wildman–Crippen LogP) is 1.43. The fourth-order valence-corrected chi connectivity index (χ4v) is 2.88. The summed E-state index contributed by atoms with van der Waals surface area (Å²) in [4.78, 5) is -0.712. The van der Waals surface area contributed by atoms with Crippen molar-refractivity contribution < 1.29 is 25.9 Å². The van der Waals surface area contributed by atoms with Crippen molar-refractivity contribution in [3.8, 4) is 11.1 Å². The molecule has 4 N–H and O–H groups in total. The number of nitrogens with two attached hydrogens (primary N) is 1. The first kappa shape index (κ1) is 15.4. The summed E-state index contributed by atoms with van der Waals surface area (Å²) < 4.78 is 62.2. The highest BCUT2D eigenvalue weighted by Crippen LogP contribution is 2.27. The molecule has 0 fully saturated rings. The molecule has 2 aromatic rings. The van der Waals surface area contributed by atoms with E-state index in [2.05, 4.69) is 0 Å². The molecule has 9 heteroatoms. The van der Waals surface area contributed by atoms with E-state index in [4.69, 9.17) is 14.8 Å². The molecule has 0 saturated carbocycles. The van der Waals surface area contributed by atoms with Gasteiger partial charge in [-0.2, -0.15) is 16.8 Å². The molecule has 0 amide bonds. The second-order valence-corrected chi connectivity index (χ2v) is 7.04. The second kappa shape index (κ2) is 5.11. The van der Waals surface area contributed by atoms with Gasteiger partial charge in [0.15, 0.2) is 0 Å². The number of nitrogen functional groups attached to an aromatic ring is 1. The Hall–Kier alpha value is -1.94. The van der Waals surface area contributed by atoms with Crippen LogP contribution in [0.5, 0.6) is 0 Å². The first-order valence-electron chi connectivity index (χ1n) is 5.54. The van der Waals surface area contributed by atoms with Gasteiger partial charge in [0.05, 0.1) is 10.6 Å². The smallest absolute Gasteiger partial charge is 0.296 e. The van der Waals surface area contributed by atoms with Crippen LogP contribution in [0.25, 0.3) is 11.1 Å². The summed E-state index contributed by atoms with van der Waals surface area (Å²) in [5, 5.41) is 0. The summed E-state index contributed by atoms with van der Waals surface area (Å²) in [6.07, 6.45) is 0. The van der Waals surface area contributed by atoms with Crippen LogP contribution < -0.4 is 5.73 Å². The van der Waals surface area contributed by atoms with Crippen LogP contribution in [0.15, 0.2) is 52.3 Å². The van der Waals surface area contributed by atoms with Crippen molar-refractivity contribution in [1.82, 2.24) is 0 Å². The third kappa shape index (κ3) is 3.39. The van der Waals surface area contributed by atoms with Gasteiger partial charge in [0.25, 0.3) is 20.2 Å². The lowest BCUT2D eigenvalue weighted by Gasteiger charge is -2.07. The van der Waals surface area contributed by atoms with Gasteiger partial charge >= 0.3 is 0 Å².